The molecular formula is C92H195N5O6S6. The van der Waals surface area contributed by atoms with Crippen LogP contribution in [0.2, 0.25) is 0 Å². The number of thioether (sulfide) groups is 6. The number of nitrogens with one attached hydrogen (secondary N) is 2. The van der Waals surface area contributed by atoms with E-state index in [2.05, 4.69) is 102 Å². The van der Waals surface area contributed by atoms with E-state index >= 15 is 0 Å². The van der Waals surface area contributed by atoms with Crippen molar-refractivity contribution < 1.29 is 28.1 Å². The molecule has 0 bridgehead atoms. The Morgan fingerprint density at radius 3 is 1.05 bits per heavy atom. The Morgan fingerprint density at radius 1 is 0.339 bits per heavy atom. The minimum atomic E-state index is 0.500. The van der Waals surface area contributed by atoms with E-state index in [9.17, 15) is 0 Å². The molecule has 0 spiro atoms. The summed E-state index contributed by atoms with van der Waals surface area (Å²) in [4.78, 5) is 11.1. The first kappa shape index (κ1) is 148. The van der Waals surface area contributed by atoms with Crippen LogP contribution in [-0.2, 0) is 23.7 Å². The number of nitrogens with zero attached hydrogens (tertiary/aromatic N) is 3. The molecule has 7 aliphatic rings. The van der Waals surface area contributed by atoms with Crippen molar-refractivity contribution in [2.24, 2.45) is 9.98 Å². The fourth-order valence-electron chi connectivity index (χ4n) is 5.95. The molecule has 13 rings (SSSR count). The summed E-state index contributed by atoms with van der Waals surface area (Å²) in [5.74, 6) is 12.2. The van der Waals surface area contributed by atoms with Gasteiger partial charge in [0.1, 0.15) is 12.4 Å². The van der Waals surface area contributed by atoms with Gasteiger partial charge in [0.25, 0.3) is 0 Å². The highest BCUT2D eigenvalue weighted by Gasteiger charge is 1.98. The maximum atomic E-state index is 5.12. The van der Waals surface area contributed by atoms with Gasteiger partial charge in [0.05, 0.1) is 71.2 Å². The molecule has 0 saturated carbocycles. The third-order valence-electron chi connectivity index (χ3n) is 9.47. The summed E-state index contributed by atoms with van der Waals surface area (Å²) in [5.41, 5.74) is 5.34. The van der Waals surface area contributed by atoms with Crippen LogP contribution in [0.4, 0.5) is 0 Å². The summed E-state index contributed by atoms with van der Waals surface area (Å²) in [5, 5.41) is 7.04. The van der Waals surface area contributed by atoms with Crippen LogP contribution in [0.3, 0.4) is 0 Å². The smallest absolute Gasteiger partial charge is 0.146 e. The Kier molecular flexibility index (Phi) is 254. The molecular weight excluding hydrogens is 1460 g/mol. The molecule has 4 aromatic heterocycles. The van der Waals surface area contributed by atoms with E-state index in [0.717, 1.165) is 76.7 Å². The second kappa shape index (κ2) is 187. The van der Waals surface area contributed by atoms with Crippen molar-refractivity contribution in [2.45, 2.75) is 296 Å². The maximum Gasteiger partial charge on any atom is 0.146 e. The van der Waals surface area contributed by atoms with E-state index in [1.807, 2.05) is 374 Å². The zero-order valence-corrected chi connectivity index (χ0v) is 85.1. The molecule has 5 fully saturated rings. The number of benzene rings is 2. The lowest BCUT2D eigenvalue weighted by Crippen LogP contribution is -2.24. The van der Waals surface area contributed by atoms with Crippen molar-refractivity contribution in [3.63, 3.8) is 0 Å². The van der Waals surface area contributed by atoms with Gasteiger partial charge in [-0.2, -0.15) is 58.8 Å². The predicted molar refractivity (Wildman–Crippen MR) is 536 cm³/mol. The van der Waals surface area contributed by atoms with Gasteiger partial charge >= 0.3 is 0 Å². The van der Waals surface area contributed by atoms with Crippen LogP contribution in [0.1, 0.15) is 296 Å². The normalized spacial score (nSPS) is 12.6. The average Bonchev–Trinajstić information content (AvgIpc) is 1.78. The molecule has 0 unspecified atom stereocenters. The highest BCUT2D eigenvalue weighted by molar-refractivity contribution is 8.16. The van der Waals surface area contributed by atoms with Crippen LogP contribution in [0.5, 0.6) is 0 Å². The van der Waals surface area contributed by atoms with Gasteiger partial charge in [-0.25, -0.2) is 0 Å². The summed E-state index contributed by atoms with van der Waals surface area (Å²) in [6.45, 7) is 91.2. The number of H-pyrrole nitrogens is 1. The molecule has 6 aromatic rings. The quantitative estimate of drug-likeness (QED) is 0.150. The number of hydrogen-bond acceptors (Lipinski definition) is 15. The molecule has 11 nitrogen and oxygen atoms in total. The van der Waals surface area contributed by atoms with E-state index < -0.39 is 0 Å². The summed E-state index contributed by atoms with van der Waals surface area (Å²) < 4.78 is 31.7. The van der Waals surface area contributed by atoms with Gasteiger partial charge in [-0.15, -0.1) is 11.8 Å². The zero-order chi connectivity index (χ0) is 88.0. The molecule has 109 heavy (non-hydrogen) atoms. The minimum Gasteiger partial charge on any atom is -0.464 e. The van der Waals surface area contributed by atoms with E-state index in [4.69, 9.17) is 28.1 Å². The molecule has 2 aromatic carbocycles. The van der Waals surface area contributed by atoms with Gasteiger partial charge in [-0.3, -0.25) is 9.98 Å². The Balaban J connectivity index is -0.0000000549. The number of aromatic amines is 1. The number of ether oxygens (including phenoxy) is 5. The van der Waals surface area contributed by atoms with Gasteiger partial charge in [-0.05, 0) is 84.7 Å². The van der Waals surface area contributed by atoms with Crippen molar-refractivity contribution in [3.8, 4) is 0 Å². The van der Waals surface area contributed by atoms with Crippen LogP contribution in [0, 0.1) is 0 Å². The van der Waals surface area contributed by atoms with Gasteiger partial charge in [0.15, 0.2) is 0 Å². The first-order valence-electron chi connectivity index (χ1n) is 43.9. The third kappa shape index (κ3) is 138. The fourth-order valence-corrected chi connectivity index (χ4v) is 11.9. The molecule has 0 aliphatic carbocycles. The molecule has 0 amide bonds. The number of aromatic nitrogens is 2. The Morgan fingerprint density at radius 2 is 0.771 bits per heavy atom. The Bertz CT molecular complexity index is 1690. The number of furan rings is 1. The van der Waals surface area contributed by atoms with Crippen LogP contribution < -0.4 is 5.32 Å². The lowest BCUT2D eigenvalue weighted by Gasteiger charge is -2.09. The highest BCUT2D eigenvalue weighted by atomic mass is 32.2. The Labute approximate surface area is 712 Å². The molecule has 5 saturated heterocycles. The van der Waals surface area contributed by atoms with Crippen molar-refractivity contribution in [1.29, 1.82) is 0 Å². The third-order valence-corrected chi connectivity index (χ3v) is 16.3. The molecule has 7 aliphatic heterocycles. The van der Waals surface area contributed by atoms with Gasteiger partial charge in [0, 0.05) is 106 Å². The van der Waals surface area contributed by atoms with Gasteiger partial charge in [0.2, 0.25) is 0 Å². The molecule has 17 heteroatoms. The standard InChI is InChI=1S/2C8H7N.C8H6O.C4H7NO.C4H9NS.C4H7NS.2C4H8O2.2C4H8S2.20C2H6/c1-2-6-9-7-3-5-8(9)4-1;2*1-2-4-8-7(3-1)5-6-9-8;2*1-3-6-4-2-5-1;1-2-5-4-6-3-1;1-2-6-4-3-5-1;1-2-5-4-6-3-1;1-2-6-4-3-5-1;1-2-5-4-6-3-1;20*1-2/h1-7H;1-6,9H;1-6H;1H,2-4H2;5H,1-4H2;4H,1-3H2;4*1-4H2;20*1-2H3. The van der Waals surface area contributed by atoms with Crippen LogP contribution in [-0.4, -0.2) is 164 Å². The highest BCUT2D eigenvalue weighted by Crippen LogP contribution is 2.20. The average molecular weight is 1660 g/mol. The van der Waals surface area contributed by atoms with E-state index in [1.54, 1.807) is 24.2 Å². The SMILES string of the molecule is C1=NCCCS1.C1=NCCOC1.C1COCCO1.C1COCOC1.C1CSCCN1.C1CSCCS1.C1CSCSC1.CC.CC.CC.CC.CC.CC.CC.CC.CC.CC.CC.CC.CC.CC.CC.CC.CC.CC.CC.CC.c1ccc2[nH]ccc2c1.c1ccc2occc2c1.c1ccn2cccc2c1. The summed E-state index contributed by atoms with van der Waals surface area (Å²) >= 11 is 12.1. The number of para-hydroxylation sites is 2. The first-order chi connectivity index (χ1) is 54.4. The number of fused-ring (bicyclic) bond motifs is 3. The molecule has 11 heterocycles. The van der Waals surface area contributed by atoms with Crippen molar-refractivity contribution in [3.05, 3.63) is 116 Å². The van der Waals surface area contributed by atoms with E-state index in [-0.39, 0.29) is 0 Å². The van der Waals surface area contributed by atoms with Crippen LogP contribution in [0.15, 0.2) is 130 Å². The first-order valence-corrected chi connectivity index (χ1v) is 50.7. The van der Waals surface area contributed by atoms with Gasteiger partial charge < -0.3 is 42.8 Å². The number of hydrogen-bond donors (Lipinski definition) is 2. The zero-order valence-electron chi connectivity index (χ0n) is 80.2. The van der Waals surface area contributed by atoms with Gasteiger partial charge in [-0.1, -0.05) is 319 Å². The summed E-state index contributed by atoms with van der Waals surface area (Å²) in [6.07, 6.45) is 13.3. The molecule has 0 atom stereocenters. The predicted octanol–water partition coefficient (Wildman–Crippen LogP) is 32.3. The van der Waals surface area contributed by atoms with E-state index in [0.29, 0.717) is 13.4 Å². The van der Waals surface area contributed by atoms with Crippen LogP contribution >= 0.6 is 70.6 Å². The second-order valence-corrected chi connectivity index (χ2v) is 22.1. The Hall–Kier alpha value is -2.52. The monoisotopic (exact) mass is 1660 g/mol. The maximum absolute atomic E-state index is 5.12. The molecule has 660 valence electrons. The van der Waals surface area contributed by atoms with Crippen molar-refractivity contribution in [2.75, 3.05) is 143 Å². The summed E-state index contributed by atoms with van der Waals surface area (Å²) in [7, 11) is 0. The second-order valence-electron chi connectivity index (χ2n) is 14.9. The lowest BCUT2D eigenvalue weighted by atomic mass is 10.3. The molecule has 0 radical (unpaired) electrons. The number of rotatable bonds is 0. The lowest BCUT2D eigenvalue weighted by molar-refractivity contribution is -0.0963. The van der Waals surface area contributed by atoms with Crippen molar-refractivity contribution >= 4 is 110 Å². The van der Waals surface area contributed by atoms with E-state index in [1.165, 1.54) is 99.2 Å². The largest absolute Gasteiger partial charge is 0.464 e. The number of pyridine rings is 1. The van der Waals surface area contributed by atoms with Crippen molar-refractivity contribution in [1.82, 2.24) is 14.7 Å². The summed E-state index contributed by atoms with van der Waals surface area (Å²) in [6, 6.07) is 30.4. The number of aliphatic imine (C=N–C) groups is 2. The fraction of sp³-hybridized carbons (Fsp3) is 0.717. The topological polar surface area (TPSA) is 116 Å². The minimum absolute atomic E-state index is 0.500. The van der Waals surface area contributed by atoms with Crippen LogP contribution in [0.25, 0.3) is 27.4 Å². The molecule has 2 N–H and O–H groups in total.